The average molecular weight is 345 g/mol. The molecule has 1 N–H and O–H groups in total. The summed E-state index contributed by atoms with van der Waals surface area (Å²) < 4.78 is 26.3. The molecule has 2 unspecified atom stereocenters. The number of amides is 1. The maximum absolute atomic E-state index is 13.3. The van der Waals surface area contributed by atoms with Crippen molar-refractivity contribution in [3.63, 3.8) is 0 Å². The predicted molar refractivity (Wildman–Crippen MR) is 87.0 cm³/mol. The van der Waals surface area contributed by atoms with Crippen LogP contribution in [0.3, 0.4) is 0 Å². The quantitative estimate of drug-likeness (QED) is 0.927. The molecule has 2 atom stereocenters. The fourth-order valence-electron chi connectivity index (χ4n) is 3.23. The van der Waals surface area contributed by atoms with Crippen molar-refractivity contribution in [2.45, 2.75) is 12.3 Å². The van der Waals surface area contributed by atoms with Gasteiger partial charge in [0.15, 0.2) is 11.6 Å². The monoisotopic (exact) mass is 345 g/mol. The first-order valence-corrected chi connectivity index (χ1v) is 7.95. The molecule has 130 valence electrons. The minimum atomic E-state index is -1.00. The molecule has 1 fully saturated rings. The van der Waals surface area contributed by atoms with Crippen molar-refractivity contribution < 1.29 is 23.5 Å². The van der Waals surface area contributed by atoms with Gasteiger partial charge in [0.05, 0.1) is 12.3 Å². The van der Waals surface area contributed by atoms with Gasteiger partial charge in [-0.1, -0.05) is 36.4 Å². The van der Waals surface area contributed by atoms with Crippen molar-refractivity contribution in [3.05, 3.63) is 71.3 Å². The molecule has 25 heavy (non-hydrogen) atoms. The molecule has 2 aromatic rings. The zero-order valence-electron chi connectivity index (χ0n) is 13.4. The lowest BCUT2D eigenvalue weighted by Gasteiger charge is -2.16. The van der Waals surface area contributed by atoms with Crippen LogP contribution in [0, 0.1) is 17.6 Å². The molecule has 2 aromatic carbocycles. The first-order valence-electron chi connectivity index (χ1n) is 7.95. The molecule has 0 saturated carbocycles. The van der Waals surface area contributed by atoms with Crippen LogP contribution in [0.1, 0.15) is 17.0 Å². The number of likely N-dealkylation sites (tertiary alicyclic amines) is 1. The number of aliphatic carboxylic acids is 1. The van der Waals surface area contributed by atoms with Gasteiger partial charge in [-0.05, 0) is 23.3 Å². The molecule has 1 saturated heterocycles. The van der Waals surface area contributed by atoms with Gasteiger partial charge in [0, 0.05) is 19.0 Å². The molecular formula is C19H17F2NO3. The third kappa shape index (κ3) is 3.68. The number of carbonyl (C=O) groups excluding carboxylic acids is 1. The first-order chi connectivity index (χ1) is 12.0. The van der Waals surface area contributed by atoms with Crippen LogP contribution in [0.2, 0.25) is 0 Å². The summed E-state index contributed by atoms with van der Waals surface area (Å²) in [7, 11) is 0. The Balaban J connectivity index is 1.75. The number of carboxylic acid groups (broad SMARTS) is 1. The molecule has 6 heteroatoms. The van der Waals surface area contributed by atoms with Crippen molar-refractivity contribution in [3.8, 4) is 0 Å². The maximum atomic E-state index is 13.3. The largest absolute Gasteiger partial charge is 0.481 e. The maximum Gasteiger partial charge on any atom is 0.308 e. The van der Waals surface area contributed by atoms with Crippen molar-refractivity contribution in [2.75, 3.05) is 13.1 Å². The summed E-state index contributed by atoms with van der Waals surface area (Å²) >= 11 is 0. The molecule has 0 aromatic heterocycles. The standard InChI is InChI=1S/C19H17F2NO3/c20-16-7-6-12(8-17(16)21)9-18(23)22-10-14(15(11-22)19(24)25)13-4-2-1-3-5-13/h1-8,14-15H,9-11H2,(H,24,25). The van der Waals surface area contributed by atoms with Crippen LogP contribution in [-0.4, -0.2) is 35.0 Å². The molecule has 0 radical (unpaired) electrons. The molecule has 0 spiro atoms. The summed E-state index contributed by atoms with van der Waals surface area (Å²) in [5.74, 6) is -4.18. The van der Waals surface area contributed by atoms with Crippen LogP contribution in [0.5, 0.6) is 0 Å². The van der Waals surface area contributed by atoms with Gasteiger partial charge in [-0.25, -0.2) is 8.78 Å². The lowest BCUT2D eigenvalue weighted by molar-refractivity contribution is -0.141. The van der Waals surface area contributed by atoms with Gasteiger partial charge in [0.2, 0.25) is 5.91 Å². The number of halogens is 2. The molecule has 4 nitrogen and oxygen atoms in total. The Bertz CT molecular complexity index is 795. The highest BCUT2D eigenvalue weighted by Crippen LogP contribution is 2.33. The van der Waals surface area contributed by atoms with Crippen LogP contribution in [-0.2, 0) is 16.0 Å². The average Bonchev–Trinajstić information content (AvgIpc) is 3.05. The Labute approximate surface area is 143 Å². The van der Waals surface area contributed by atoms with Gasteiger partial charge in [-0.3, -0.25) is 9.59 Å². The Kier molecular flexibility index (Phi) is 4.79. The zero-order valence-corrected chi connectivity index (χ0v) is 13.4. The van der Waals surface area contributed by atoms with E-state index < -0.39 is 23.5 Å². The van der Waals surface area contributed by atoms with Crippen LogP contribution >= 0.6 is 0 Å². The summed E-state index contributed by atoms with van der Waals surface area (Å²) in [5, 5.41) is 9.47. The summed E-state index contributed by atoms with van der Waals surface area (Å²) in [6.45, 7) is 0.404. The minimum absolute atomic E-state index is 0.0922. The smallest absolute Gasteiger partial charge is 0.308 e. The molecule has 1 amide bonds. The van der Waals surface area contributed by atoms with E-state index in [9.17, 15) is 23.5 Å². The van der Waals surface area contributed by atoms with Crippen LogP contribution in [0.15, 0.2) is 48.5 Å². The first kappa shape index (κ1) is 17.1. The topological polar surface area (TPSA) is 57.6 Å². The van der Waals surface area contributed by atoms with E-state index in [1.165, 1.54) is 11.0 Å². The van der Waals surface area contributed by atoms with Crippen molar-refractivity contribution in [1.29, 1.82) is 0 Å². The minimum Gasteiger partial charge on any atom is -0.481 e. The third-order valence-electron chi connectivity index (χ3n) is 4.56. The van der Waals surface area contributed by atoms with Crippen molar-refractivity contribution in [2.24, 2.45) is 5.92 Å². The van der Waals surface area contributed by atoms with Crippen molar-refractivity contribution in [1.82, 2.24) is 4.90 Å². The number of benzene rings is 2. The van der Waals surface area contributed by atoms with Crippen LogP contribution < -0.4 is 0 Å². The summed E-state index contributed by atoms with van der Waals surface area (Å²) in [6.07, 6.45) is -0.0922. The Morgan fingerprint density at radius 1 is 1.04 bits per heavy atom. The van der Waals surface area contributed by atoms with E-state index in [1.54, 1.807) is 0 Å². The van der Waals surface area contributed by atoms with E-state index in [0.717, 1.165) is 17.7 Å². The highest BCUT2D eigenvalue weighted by atomic mass is 19.2. The lowest BCUT2D eigenvalue weighted by atomic mass is 9.89. The van der Waals surface area contributed by atoms with E-state index in [2.05, 4.69) is 0 Å². The second-order valence-corrected chi connectivity index (χ2v) is 6.19. The Morgan fingerprint density at radius 3 is 2.40 bits per heavy atom. The highest BCUT2D eigenvalue weighted by Gasteiger charge is 2.40. The van der Waals surface area contributed by atoms with Gasteiger partial charge in [-0.15, -0.1) is 0 Å². The fraction of sp³-hybridized carbons (Fsp3) is 0.263. The lowest BCUT2D eigenvalue weighted by Crippen LogP contribution is -2.31. The van der Waals surface area contributed by atoms with E-state index in [4.69, 9.17) is 0 Å². The van der Waals surface area contributed by atoms with Gasteiger partial charge >= 0.3 is 5.97 Å². The van der Waals surface area contributed by atoms with Crippen molar-refractivity contribution >= 4 is 11.9 Å². The van der Waals surface area contributed by atoms with Gasteiger partial charge < -0.3 is 10.0 Å². The van der Waals surface area contributed by atoms with E-state index >= 15 is 0 Å². The molecule has 1 aliphatic rings. The van der Waals surface area contributed by atoms with Gasteiger partial charge in [0.25, 0.3) is 0 Å². The van der Waals surface area contributed by atoms with E-state index in [0.29, 0.717) is 12.1 Å². The molecule has 3 rings (SSSR count). The van der Waals surface area contributed by atoms with Gasteiger partial charge in [0.1, 0.15) is 0 Å². The number of rotatable bonds is 4. The van der Waals surface area contributed by atoms with Crippen LogP contribution in [0.25, 0.3) is 0 Å². The number of carboxylic acids is 1. The second kappa shape index (κ2) is 7.01. The SMILES string of the molecule is O=C(O)C1CN(C(=O)Cc2ccc(F)c(F)c2)CC1c1ccccc1. The number of nitrogens with zero attached hydrogens (tertiary/aromatic N) is 1. The third-order valence-corrected chi connectivity index (χ3v) is 4.56. The number of carbonyl (C=O) groups is 2. The molecule has 0 aliphatic carbocycles. The normalized spacial score (nSPS) is 19.8. The summed E-state index contributed by atoms with van der Waals surface area (Å²) in [6, 6.07) is 12.5. The Hall–Kier alpha value is -2.76. The molecule has 0 bridgehead atoms. The fourth-order valence-corrected chi connectivity index (χ4v) is 3.23. The van der Waals surface area contributed by atoms with Crippen LogP contribution in [0.4, 0.5) is 8.78 Å². The Morgan fingerprint density at radius 2 is 1.76 bits per heavy atom. The van der Waals surface area contributed by atoms with E-state index in [1.807, 2.05) is 30.3 Å². The number of hydrogen-bond donors (Lipinski definition) is 1. The number of hydrogen-bond acceptors (Lipinski definition) is 2. The molecule has 1 heterocycles. The molecular weight excluding hydrogens is 328 g/mol. The predicted octanol–water partition coefficient (Wildman–Crippen LogP) is 2.83. The van der Waals surface area contributed by atoms with Gasteiger partial charge in [-0.2, -0.15) is 0 Å². The summed E-state index contributed by atoms with van der Waals surface area (Å²) in [5.41, 5.74) is 1.23. The summed E-state index contributed by atoms with van der Waals surface area (Å²) in [4.78, 5) is 25.5. The zero-order chi connectivity index (χ0) is 18.0. The van der Waals surface area contributed by atoms with E-state index in [-0.39, 0.29) is 24.8 Å². The second-order valence-electron chi connectivity index (χ2n) is 6.19. The highest BCUT2D eigenvalue weighted by molar-refractivity contribution is 5.81. The molecule has 1 aliphatic heterocycles.